The number of carbonyl (C=O) groups is 1. The first-order valence-corrected chi connectivity index (χ1v) is 6.90. The number of hydrogen-bond acceptors (Lipinski definition) is 3. The monoisotopic (exact) mass is 330 g/mol. The summed E-state index contributed by atoms with van der Waals surface area (Å²) in [6, 6.07) is 1.82. The summed E-state index contributed by atoms with van der Waals surface area (Å²) in [6.07, 6.45) is 1.21. The Hall–Kier alpha value is -1.23. The van der Waals surface area contributed by atoms with E-state index in [1.165, 1.54) is 0 Å². The second-order valence-corrected chi connectivity index (χ2v) is 5.20. The van der Waals surface area contributed by atoms with E-state index in [1.807, 2.05) is 13.0 Å². The SMILES string of the molecule is CCc1c(CC(C)C(=O)O)c(Br)cc(OC)c1OC. The third kappa shape index (κ3) is 3.41. The smallest absolute Gasteiger partial charge is 0.306 e. The van der Waals surface area contributed by atoms with Crippen LogP contribution in [0.1, 0.15) is 25.0 Å². The van der Waals surface area contributed by atoms with Crippen molar-refractivity contribution in [3.05, 3.63) is 21.7 Å². The predicted molar refractivity (Wildman–Crippen MR) is 77.1 cm³/mol. The minimum Gasteiger partial charge on any atom is -0.493 e. The molecule has 0 aliphatic carbocycles. The van der Waals surface area contributed by atoms with Crippen molar-refractivity contribution in [3.63, 3.8) is 0 Å². The zero-order valence-corrected chi connectivity index (χ0v) is 13.2. The molecule has 0 aliphatic rings. The van der Waals surface area contributed by atoms with Gasteiger partial charge in [0.1, 0.15) is 0 Å². The molecular formula is C14H19BrO4. The first-order chi connectivity index (χ1) is 8.96. The van der Waals surface area contributed by atoms with E-state index in [4.69, 9.17) is 14.6 Å². The number of ether oxygens (including phenoxy) is 2. The Bertz CT molecular complexity index is 471. The lowest BCUT2D eigenvalue weighted by molar-refractivity contribution is -0.141. The molecule has 1 atom stereocenters. The van der Waals surface area contributed by atoms with Crippen molar-refractivity contribution in [1.82, 2.24) is 0 Å². The van der Waals surface area contributed by atoms with E-state index in [1.54, 1.807) is 21.1 Å². The summed E-state index contributed by atoms with van der Waals surface area (Å²) in [7, 11) is 3.18. The molecule has 0 saturated heterocycles. The maximum atomic E-state index is 11.0. The van der Waals surface area contributed by atoms with Crippen LogP contribution < -0.4 is 9.47 Å². The number of hydrogen-bond donors (Lipinski definition) is 1. The fourth-order valence-corrected chi connectivity index (χ4v) is 2.67. The number of aliphatic carboxylic acids is 1. The Morgan fingerprint density at radius 2 is 2.00 bits per heavy atom. The molecule has 0 bridgehead atoms. The fraction of sp³-hybridized carbons (Fsp3) is 0.500. The molecule has 0 saturated carbocycles. The lowest BCUT2D eigenvalue weighted by Gasteiger charge is -2.19. The Kier molecular flexibility index (Phi) is 5.66. The molecule has 1 aromatic rings. The lowest BCUT2D eigenvalue weighted by Crippen LogP contribution is -2.14. The number of rotatable bonds is 6. The Morgan fingerprint density at radius 1 is 1.37 bits per heavy atom. The van der Waals surface area contributed by atoms with Crippen molar-refractivity contribution < 1.29 is 19.4 Å². The maximum Gasteiger partial charge on any atom is 0.306 e. The number of carboxylic acids is 1. The van der Waals surface area contributed by atoms with Gasteiger partial charge >= 0.3 is 5.97 Å². The molecule has 1 N–H and O–H groups in total. The van der Waals surface area contributed by atoms with Crippen LogP contribution >= 0.6 is 15.9 Å². The standard InChI is InChI=1S/C14H19BrO4/c1-5-9-10(6-8(2)14(16)17)11(15)7-12(18-3)13(9)19-4/h7-8H,5-6H2,1-4H3,(H,16,17). The van der Waals surface area contributed by atoms with Crippen molar-refractivity contribution in [3.8, 4) is 11.5 Å². The third-order valence-electron chi connectivity index (χ3n) is 3.12. The molecule has 4 nitrogen and oxygen atoms in total. The van der Waals surface area contributed by atoms with Crippen LogP contribution in [0, 0.1) is 5.92 Å². The van der Waals surface area contributed by atoms with Gasteiger partial charge in [0.15, 0.2) is 11.5 Å². The molecule has 106 valence electrons. The van der Waals surface area contributed by atoms with Crippen LogP contribution in [-0.2, 0) is 17.6 Å². The topological polar surface area (TPSA) is 55.8 Å². The molecule has 1 rings (SSSR count). The summed E-state index contributed by atoms with van der Waals surface area (Å²) in [6.45, 7) is 3.71. The van der Waals surface area contributed by atoms with Crippen molar-refractivity contribution in [2.24, 2.45) is 5.92 Å². The molecule has 1 aromatic carbocycles. The largest absolute Gasteiger partial charge is 0.493 e. The summed E-state index contributed by atoms with van der Waals surface area (Å²) < 4.78 is 11.6. The van der Waals surface area contributed by atoms with E-state index < -0.39 is 11.9 Å². The van der Waals surface area contributed by atoms with Gasteiger partial charge in [-0.25, -0.2) is 0 Å². The van der Waals surface area contributed by atoms with Crippen molar-refractivity contribution in [1.29, 1.82) is 0 Å². The highest BCUT2D eigenvalue weighted by atomic mass is 79.9. The molecule has 1 unspecified atom stereocenters. The second-order valence-electron chi connectivity index (χ2n) is 4.35. The van der Waals surface area contributed by atoms with E-state index in [9.17, 15) is 4.79 Å². The van der Waals surface area contributed by atoms with E-state index in [2.05, 4.69) is 15.9 Å². The summed E-state index contributed by atoms with van der Waals surface area (Å²) in [4.78, 5) is 11.0. The second kappa shape index (κ2) is 6.80. The highest BCUT2D eigenvalue weighted by Crippen LogP contribution is 2.39. The van der Waals surface area contributed by atoms with Crippen LogP contribution in [0.5, 0.6) is 11.5 Å². The van der Waals surface area contributed by atoms with Crippen LogP contribution in [0.2, 0.25) is 0 Å². The summed E-state index contributed by atoms with van der Waals surface area (Å²) in [5.41, 5.74) is 1.96. The number of carboxylic acid groups (broad SMARTS) is 1. The minimum absolute atomic E-state index is 0.445. The van der Waals surface area contributed by atoms with Gasteiger partial charge in [0, 0.05) is 10.0 Å². The normalized spacial score (nSPS) is 12.1. The summed E-state index contributed by atoms with van der Waals surface area (Å²) in [5.74, 6) is 0.0854. The maximum absolute atomic E-state index is 11.0. The van der Waals surface area contributed by atoms with Gasteiger partial charge in [-0.15, -0.1) is 0 Å². The van der Waals surface area contributed by atoms with Crippen molar-refractivity contribution >= 4 is 21.9 Å². The Morgan fingerprint density at radius 3 is 2.42 bits per heavy atom. The molecule has 0 radical (unpaired) electrons. The lowest BCUT2D eigenvalue weighted by atomic mass is 9.94. The minimum atomic E-state index is -0.802. The predicted octanol–water partition coefficient (Wildman–Crippen LogP) is 3.29. The molecule has 0 aliphatic heterocycles. The Balaban J connectivity index is 3.34. The van der Waals surface area contributed by atoms with E-state index in [0.717, 1.165) is 22.0 Å². The average Bonchev–Trinajstić information content (AvgIpc) is 2.39. The van der Waals surface area contributed by atoms with Crippen LogP contribution in [0.3, 0.4) is 0 Å². The van der Waals surface area contributed by atoms with Gasteiger partial charge in [-0.2, -0.15) is 0 Å². The van der Waals surface area contributed by atoms with Gasteiger partial charge in [0.05, 0.1) is 20.1 Å². The highest BCUT2D eigenvalue weighted by molar-refractivity contribution is 9.10. The van der Waals surface area contributed by atoms with Crippen LogP contribution in [-0.4, -0.2) is 25.3 Å². The molecule has 19 heavy (non-hydrogen) atoms. The molecule has 0 spiro atoms. The molecular weight excluding hydrogens is 312 g/mol. The fourth-order valence-electron chi connectivity index (χ4n) is 2.06. The number of benzene rings is 1. The van der Waals surface area contributed by atoms with E-state index in [0.29, 0.717) is 17.9 Å². The number of halogens is 1. The quantitative estimate of drug-likeness (QED) is 0.869. The number of methoxy groups -OCH3 is 2. The van der Waals surface area contributed by atoms with Gasteiger partial charge in [-0.3, -0.25) is 4.79 Å². The zero-order chi connectivity index (χ0) is 14.6. The van der Waals surface area contributed by atoms with Gasteiger partial charge in [-0.05, 0) is 24.5 Å². The summed E-state index contributed by atoms with van der Waals surface area (Å²) >= 11 is 3.49. The first-order valence-electron chi connectivity index (χ1n) is 6.11. The van der Waals surface area contributed by atoms with Crippen molar-refractivity contribution in [2.75, 3.05) is 14.2 Å². The van der Waals surface area contributed by atoms with E-state index >= 15 is 0 Å². The van der Waals surface area contributed by atoms with Crippen LogP contribution in [0.15, 0.2) is 10.5 Å². The molecule has 0 aromatic heterocycles. The molecule has 5 heteroatoms. The molecule has 0 heterocycles. The molecule has 0 amide bonds. The van der Waals surface area contributed by atoms with Crippen LogP contribution in [0.25, 0.3) is 0 Å². The highest BCUT2D eigenvalue weighted by Gasteiger charge is 2.21. The van der Waals surface area contributed by atoms with Gasteiger partial charge in [0.25, 0.3) is 0 Å². The van der Waals surface area contributed by atoms with E-state index in [-0.39, 0.29) is 0 Å². The zero-order valence-electron chi connectivity index (χ0n) is 11.6. The van der Waals surface area contributed by atoms with Gasteiger partial charge < -0.3 is 14.6 Å². The van der Waals surface area contributed by atoms with Gasteiger partial charge in [-0.1, -0.05) is 29.8 Å². The van der Waals surface area contributed by atoms with Crippen LogP contribution in [0.4, 0.5) is 0 Å². The average molecular weight is 331 g/mol. The van der Waals surface area contributed by atoms with Crippen molar-refractivity contribution in [2.45, 2.75) is 26.7 Å². The van der Waals surface area contributed by atoms with Gasteiger partial charge in [0.2, 0.25) is 0 Å². The molecule has 0 fully saturated rings. The Labute approximate surface area is 121 Å². The first kappa shape index (κ1) is 15.8. The summed E-state index contributed by atoms with van der Waals surface area (Å²) in [5, 5.41) is 9.05. The third-order valence-corrected chi connectivity index (χ3v) is 3.83.